The van der Waals surface area contributed by atoms with E-state index in [1.165, 1.54) is 49.0 Å². The van der Waals surface area contributed by atoms with E-state index in [-0.39, 0.29) is 11.7 Å². The lowest BCUT2D eigenvalue weighted by molar-refractivity contribution is -0.116. The molecule has 0 bridgehead atoms. The SMILES string of the molecule is COc1ccc(/C=N/NC(=O)C=C(Sc2ccccc2)Sc2ccccc2)cc1O. The summed E-state index contributed by atoms with van der Waals surface area (Å²) in [6, 6.07) is 24.6. The van der Waals surface area contributed by atoms with Crippen LogP contribution in [-0.4, -0.2) is 24.3 Å². The molecule has 0 aliphatic rings. The predicted molar refractivity (Wildman–Crippen MR) is 123 cm³/mol. The maximum absolute atomic E-state index is 12.4. The number of thioether (sulfide) groups is 2. The first-order valence-corrected chi connectivity index (χ1v) is 10.6. The summed E-state index contributed by atoms with van der Waals surface area (Å²) < 4.78 is 5.83. The number of ether oxygens (including phenoxy) is 1. The molecule has 3 aromatic carbocycles. The minimum Gasteiger partial charge on any atom is -0.504 e. The second kappa shape index (κ2) is 11.1. The lowest BCUT2D eigenvalue weighted by Gasteiger charge is -2.07. The molecule has 0 aliphatic heterocycles. The fraction of sp³-hybridized carbons (Fsp3) is 0.0435. The smallest absolute Gasteiger partial charge is 0.265 e. The fourth-order valence-corrected chi connectivity index (χ4v) is 4.51. The van der Waals surface area contributed by atoms with Gasteiger partial charge in [-0.2, -0.15) is 5.10 Å². The van der Waals surface area contributed by atoms with Crippen molar-refractivity contribution in [1.82, 2.24) is 5.43 Å². The molecule has 2 N–H and O–H groups in total. The van der Waals surface area contributed by atoms with Gasteiger partial charge in [-0.1, -0.05) is 59.9 Å². The molecule has 7 heteroatoms. The monoisotopic (exact) mass is 436 g/mol. The van der Waals surface area contributed by atoms with Gasteiger partial charge < -0.3 is 9.84 Å². The van der Waals surface area contributed by atoms with Crippen LogP contribution in [0.3, 0.4) is 0 Å². The van der Waals surface area contributed by atoms with Crippen LogP contribution in [0.4, 0.5) is 0 Å². The van der Waals surface area contributed by atoms with Crippen LogP contribution in [0.2, 0.25) is 0 Å². The standard InChI is InChI=1S/C23H20N2O3S2/c1-28-21-13-12-17(14-20(21)26)16-24-25-22(27)15-23(29-18-8-4-2-5-9-18)30-19-10-6-3-7-11-19/h2-16,26H,1H3,(H,25,27)/b24-16+. The Morgan fingerprint density at radius 2 is 1.57 bits per heavy atom. The van der Waals surface area contributed by atoms with Crippen molar-refractivity contribution in [3.05, 3.63) is 94.7 Å². The van der Waals surface area contributed by atoms with Gasteiger partial charge in [0.2, 0.25) is 0 Å². The average molecular weight is 437 g/mol. The van der Waals surface area contributed by atoms with E-state index in [4.69, 9.17) is 4.74 Å². The highest BCUT2D eigenvalue weighted by Gasteiger charge is 2.07. The predicted octanol–water partition coefficient (Wildman–Crippen LogP) is 5.28. The van der Waals surface area contributed by atoms with Crippen LogP contribution < -0.4 is 10.2 Å². The van der Waals surface area contributed by atoms with Crippen LogP contribution in [0, 0.1) is 0 Å². The molecule has 0 aliphatic carbocycles. The topological polar surface area (TPSA) is 70.9 Å². The fourth-order valence-electron chi connectivity index (χ4n) is 2.39. The number of hydrazone groups is 1. The molecule has 0 spiro atoms. The first-order valence-electron chi connectivity index (χ1n) is 9.01. The number of phenols is 1. The first-order chi connectivity index (χ1) is 14.6. The molecule has 0 saturated carbocycles. The van der Waals surface area contributed by atoms with Gasteiger partial charge in [-0.3, -0.25) is 4.79 Å². The van der Waals surface area contributed by atoms with E-state index < -0.39 is 0 Å². The van der Waals surface area contributed by atoms with Gasteiger partial charge in [-0.25, -0.2) is 5.43 Å². The van der Waals surface area contributed by atoms with Gasteiger partial charge in [0.05, 0.1) is 17.6 Å². The molecule has 0 fully saturated rings. The maximum Gasteiger partial charge on any atom is 0.265 e. The van der Waals surface area contributed by atoms with E-state index in [2.05, 4.69) is 10.5 Å². The first kappa shape index (κ1) is 21.5. The van der Waals surface area contributed by atoms with Crippen molar-refractivity contribution >= 4 is 35.6 Å². The Labute approximate surface area is 183 Å². The van der Waals surface area contributed by atoms with E-state index >= 15 is 0 Å². The average Bonchev–Trinajstić information content (AvgIpc) is 2.75. The summed E-state index contributed by atoms with van der Waals surface area (Å²) in [5.41, 5.74) is 3.13. The van der Waals surface area contributed by atoms with Gasteiger partial charge in [-0.05, 0) is 48.0 Å². The zero-order chi connectivity index (χ0) is 21.2. The summed E-state index contributed by atoms with van der Waals surface area (Å²) in [5, 5.41) is 13.8. The number of rotatable bonds is 8. The van der Waals surface area contributed by atoms with E-state index in [0.29, 0.717) is 11.3 Å². The van der Waals surface area contributed by atoms with Crippen molar-refractivity contribution in [3.63, 3.8) is 0 Å². The second-order valence-corrected chi connectivity index (χ2v) is 8.45. The van der Waals surface area contributed by atoms with Gasteiger partial charge in [0.15, 0.2) is 11.5 Å². The number of amides is 1. The minimum atomic E-state index is -0.342. The zero-order valence-corrected chi connectivity index (χ0v) is 17.8. The van der Waals surface area contributed by atoms with Crippen LogP contribution >= 0.6 is 23.5 Å². The number of hydrogen-bond donors (Lipinski definition) is 2. The van der Waals surface area contributed by atoms with Crippen molar-refractivity contribution in [2.24, 2.45) is 5.10 Å². The Balaban J connectivity index is 1.69. The molecule has 152 valence electrons. The van der Waals surface area contributed by atoms with E-state index in [0.717, 1.165) is 14.0 Å². The molecule has 0 aromatic heterocycles. The van der Waals surface area contributed by atoms with Gasteiger partial charge in [0, 0.05) is 15.9 Å². The van der Waals surface area contributed by atoms with E-state index in [1.807, 2.05) is 60.7 Å². The molecule has 3 aromatic rings. The summed E-state index contributed by atoms with van der Waals surface area (Å²) >= 11 is 3.02. The van der Waals surface area contributed by atoms with Gasteiger partial charge in [-0.15, -0.1) is 0 Å². The molecule has 0 saturated heterocycles. The van der Waals surface area contributed by atoms with Crippen molar-refractivity contribution in [2.45, 2.75) is 9.79 Å². The third-order valence-electron chi connectivity index (χ3n) is 3.76. The molecule has 1 amide bonds. The van der Waals surface area contributed by atoms with Crippen LogP contribution in [0.1, 0.15) is 5.56 Å². The number of carbonyl (C=O) groups is 1. The molecular weight excluding hydrogens is 416 g/mol. The largest absolute Gasteiger partial charge is 0.504 e. The van der Waals surface area contributed by atoms with Gasteiger partial charge >= 0.3 is 0 Å². The number of carbonyl (C=O) groups excluding carboxylic acids is 1. The van der Waals surface area contributed by atoms with E-state index in [1.54, 1.807) is 12.1 Å². The lowest BCUT2D eigenvalue weighted by atomic mass is 10.2. The molecule has 0 atom stereocenters. The molecule has 0 radical (unpaired) electrons. The quantitative estimate of drug-likeness (QED) is 0.218. The highest BCUT2D eigenvalue weighted by molar-refractivity contribution is 8.22. The van der Waals surface area contributed by atoms with Crippen molar-refractivity contribution in [1.29, 1.82) is 0 Å². The normalized spacial score (nSPS) is 10.6. The van der Waals surface area contributed by atoms with Gasteiger partial charge in [0.25, 0.3) is 5.91 Å². The van der Waals surface area contributed by atoms with Crippen LogP contribution in [0.5, 0.6) is 11.5 Å². The number of hydrogen-bond acceptors (Lipinski definition) is 6. The Hall–Kier alpha value is -3.16. The van der Waals surface area contributed by atoms with Crippen LogP contribution in [0.15, 0.2) is 104 Å². The molecule has 30 heavy (non-hydrogen) atoms. The Bertz CT molecular complexity index is 995. The number of methoxy groups -OCH3 is 1. The second-order valence-electron chi connectivity index (χ2n) is 5.96. The summed E-state index contributed by atoms with van der Waals surface area (Å²) in [4.78, 5) is 14.5. The number of phenolic OH excluding ortho intramolecular Hbond substituents is 1. The number of nitrogens with one attached hydrogen (secondary N) is 1. The number of aromatic hydroxyl groups is 1. The van der Waals surface area contributed by atoms with Crippen LogP contribution in [-0.2, 0) is 4.79 Å². The Morgan fingerprint density at radius 3 is 2.10 bits per heavy atom. The molecule has 3 rings (SSSR count). The Morgan fingerprint density at radius 1 is 0.967 bits per heavy atom. The molecule has 0 unspecified atom stereocenters. The third-order valence-corrected chi connectivity index (χ3v) is 5.92. The van der Waals surface area contributed by atoms with Crippen molar-refractivity contribution in [3.8, 4) is 11.5 Å². The summed E-state index contributed by atoms with van der Waals surface area (Å²) in [7, 11) is 1.48. The zero-order valence-electron chi connectivity index (χ0n) is 16.2. The summed E-state index contributed by atoms with van der Waals surface area (Å²) in [6.07, 6.45) is 2.98. The number of nitrogens with zero attached hydrogens (tertiary/aromatic N) is 1. The minimum absolute atomic E-state index is 0.00785. The number of benzene rings is 3. The Kier molecular flexibility index (Phi) is 8.00. The highest BCUT2D eigenvalue weighted by Crippen LogP contribution is 2.38. The van der Waals surface area contributed by atoms with Crippen molar-refractivity contribution < 1.29 is 14.6 Å². The molecular formula is C23H20N2O3S2. The van der Waals surface area contributed by atoms with Gasteiger partial charge in [0.1, 0.15) is 0 Å². The maximum atomic E-state index is 12.4. The van der Waals surface area contributed by atoms with Crippen LogP contribution in [0.25, 0.3) is 0 Å². The summed E-state index contributed by atoms with van der Waals surface area (Å²) in [6.45, 7) is 0. The van der Waals surface area contributed by atoms with E-state index in [9.17, 15) is 9.90 Å². The summed E-state index contributed by atoms with van der Waals surface area (Å²) in [5.74, 6) is 0.0407. The third kappa shape index (κ3) is 6.72. The highest BCUT2D eigenvalue weighted by atomic mass is 32.2. The van der Waals surface area contributed by atoms with Crippen molar-refractivity contribution in [2.75, 3.05) is 7.11 Å². The molecule has 5 nitrogen and oxygen atoms in total. The lowest BCUT2D eigenvalue weighted by Crippen LogP contribution is -2.14. The molecule has 0 heterocycles.